The van der Waals surface area contributed by atoms with Gasteiger partial charge in [0.1, 0.15) is 13.2 Å². The molecule has 0 saturated heterocycles. The van der Waals surface area contributed by atoms with E-state index in [1.54, 1.807) is 0 Å². The molecule has 0 spiro atoms. The first-order chi connectivity index (χ1) is 32.0. The van der Waals surface area contributed by atoms with Crippen molar-refractivity contribution in [2.75, 3.05) is 13.2 Å². The summed E-state index contributed by atoms with van der Waals surface area (Å²) in [6.45, 7) is 6.27. The van der Waals surface area contributed by atoms with E-state index in [4.69, 9.17) is 14.2 Å². The summed E-state index contributed by atoms with van der Waals surface area (Å²) in [7, 11) is 0. The van der Waals surface area contributed by atoms with Gasteiger partial charge in [-0.05, 0) is 109 Å². The molecular weight excluding hydrogens is 805 g/mol. The average molecular weight is 899 g/mol. The van der Waals surface area contributed by atoms with Crippen LogP contribution >= 0.6 is 0 Å². The third-order valence-electron chi connectivity index (χ3n) is 10.5. The smallest absolute Gasteiger partial charge is 0.306 e. The maximum atomic E-state index is 12.8. The van der Waals surface area contributed by atoms with Crippen LogP contribution in [0.1, 0.15) is 213 Å². The maximum absolute atomic E-state index is 12.8. The van der Waals surface area contributed by atoms with Gasteiger partial charge in [-0.2, -0.15) is 0 Å². The summed E-state index contributed by atoms with van der Waals surface area (Å²) in [5, 5.41) is 0. The minimum Gasteiger partial charge on any atom is -0.462 e. The molecule has 6 heteroatoms. The van der Waals surface area contributed by atoms with Crippen LogP contribution in [0, 0.1) is 0 Å². The Labute approximate surface area is 399 Å². The molecule has 0 aliphatic rings. The Bertz CT molecular complexity index is 1400. The van der Waals surface area contributed by atoms with E-state index < -0.39 is 6.10 Å². The first kappa shape index (κ1) is 60.8. The van der Waals surface area contributed by atoms with E-state index in [2.05, 4.69) is 142 Å². The summed E-state index contributed by atoms with van der Waals surface area (Å²) < 4.78 is 16.7. The van der Waals surface area contributed by atoms with E-state index >= 15 is 0 Å². The molecule has 65 heavy (non-hydrogen) atoms. The fraction of sp³-hybridized carbons (Fsp3) is 0.610. The Morgan fingerprint density at radius 3 is 1.09 bits per heavy atom. The second-order valence-electron chi connectivity index (χ2n) is 16.7. The lowest BCUT2D eigenvalue weighted by atomic mass is 10.1. The number of hydrogen-bond acceptors (Lipinski definition) is 6. The van der Waals surface area contributed by atoms with E-state index in [0.717, 1.165) is 116 Å². The Morgan fingerprint density at radius 1 is 0.338 bits per heavy atom. The quantitative estimate of drug-likeness (QED) is 0.0199. The number of ether oxygens (including phenoxy) is 3. The topological polar surface area (TPSA) is 78.9 Å². The minimum atomic E-state index is -0.823. The molecule has 0 aromatic carbocycles. The van der Waals surface area contributed by atoms with Crippen LogP contribution in [0.5, 0.6) is 0 Å². The van der Waals surface area contributed by atoms with Gasteiger partial charge in [0.05, 0.1) is 0 Å². The second-order valence-corrected chi connectivity index (χ2v) is 16.7. The molecule has 0 radical (unpaired) electrons. The first-order valence-corrected chi connectivity index (χ1v) is 26.1. The number of esters is 3. The molecule has 0 amide bonds. The molecule has 0 aromatic heterocycles. The zero-order valence-electron chi connectivity index (χ0n) is 41.7. The van der Waals surface area contributed by atoms with Crippen molar-refractivity contribution in [1.29, 1.82) is 0 Å². The Hall–Kier alpha value is -4.19. The molecule has 0 aromatic rings. The van der Waals surface area contributed by atoms with Gasteiger partial charge in [-0.15, -0.1) is 0 Å². The maximum Gasteiger partial charge on any atom is 0.306 e. The molecule has 0 N–H and O–H groups in total. The van der Waals surface area contributed by atoms with Crippen LogP contribution in [0.2, 0.25) is 0 Å². The lowest BCUT2D eigenvalue weighted by molar-refractivity contribution is -0.167. The van der Waals surface area contributed by atoms with Crippen molar-refractivity contribution in [2.45, 2.75) is 219 Å². The van der Waals surface area contributed by atoms with Crippen molar-refractivity contribution in [3.63, 3.8) is 0 Å². The number of hydrogen-bond donors (Lipinski definition) is 0. The normalized spacial score (nSPS) is 13.1. The van der Waals surface area contributed by atoms with Crippen LogP contribution in [0.3, 0.4) is 0 Å². The van der Waals surface area contributed by atoms with Crippen LogP contribution in [-0.2, 0) is 28.6 Å². The largest absolute Gasteiger partial charge is 0.462 e. The third kappa shape index (κ3) is 50.7. The van der Waals surface area contributed by atoms with Crippen LogP contribution in [-0.4, -0.2) is 37.2 Å². The van der Waals surface area contributed by atoms with Crippen LogP contribution in [0.25, 0.3) is 0 Å². The number of rotatable bonds is 45. The van der Waals surface area contributed by atoms with Gasteiger partial charge in [-0.3, -0.25) is 14.4 Å². The second kappa shape index (κ2) is 52.4. The Kier molecular flexibility index (Phi) is 49.1. The van der Waals surface area contributed by atoms with Crippen molar-refractivity contribution in [3.8, 4) is 0 Å². The molecule has 0 saturated carbocycles. The van der Waals surface area contributed by atoms with Gasteiger partial charge in [-0.1, -0.05) is 206 Å². The summed E-state index contributed by atoms with van der Waals surface area (Å²) in [6.07, 6.45) is 71.9. The lowest BCUT2D eigenvalue weighted by Crippen LogP contribution is -2.30. The molecule has 366 valence electrons. The molecule has 0 rings (SSSR count). The van der Waals surface area contributed by atoms with Crippen molar-refractivity contribution in [1.82, 2.24) is 0 Å². The monoisotopic (exact) mass is 899 g/mol. The van der Waals surface area contributed by atoms with E-state index in [-0.39, 0.29) is 37.5 Å². The zero-order chi connectivity index (χ0) is 47.2. The number of carbonyl (C=O) groups excluding carboxylic acids is 3. The first-order valence-electron chi connectivity index (χ1n) is 26.1. The highest BCUT2D eigenvalue weighted by atomic mass is 16.6. The highest BCUT2D eigenvalue weighted by Gasteiger charge is 2.19. The van der Waals surface area contributed by atoms with Crippen LogP contribution < -0.4 is 0 Å². The highest BCUT2D eigenvalue weighted by Crippen LogP contribution is 2.13. The molecule has 0 fully saturated rings. The van der Waals surface area contributed by atoms with E-state index in [0.29, 0.717) is 19.3 Å². The fourth-order valence-electron chi connectivity index (χ4n) is 6.59. The molecule has 0 aliphatic heterocycles. The lowest BCUT2D eigenvalue weighted by Gasteiger charge is -2.18. The van der Waals surface area contributed by atoms with Gasteiger partial charge in [0.25, 0.3) is 0 Å². The van der Waals surface area contributed by atoms with Gasteiger partial charge in [0, 0.05) is 19.3 Å². The molecule has 1 unspecified atom stereocenters. The molecule has 1 atom stereocenters. The van der Waals surface area contributed by atoms with Crippen LogP contribution in [0.4, 0.5) is 0 Å². The minimum absolute atomic E-state index is 0.115. The number of unbranched alkanes of at least 4 members (excludes halogenated alkanes) is 15. The average Bonchev–Trinajstić information content (AvgIpc) is 3.30. The highest BCUT2D eigenvalue weighted by molar-refractivity contribution is 5.71. The SMILES string of the molecule is CC/C=C\C/C=C\C/C=C\C/C=C\C/C=C\CCCC(=O)OC(COC(=O)CCCCC/C=C\C=C/CCCC)COC(=O)CCCCCCCCCCC/C=C\C/C=C\C/C=C\CC. The predicted octanol–water partition coefficient (Wildman–Crippen LogP) is 17.3. The van der Waals surface area contributed by atoms with E-state index in [1.807, 2.05) is 0 Å². The van der Waals surface area contributed by atoms with E-state index in [1.165, 1.54) is 51.4 Å². The van der Waals surface area contributed by atoms with E-state index in [9.17, 15) is 14.4 Å². The van der Waals surface area contributed by atoms with Crippen LogP contribution in [0.15, 0.2) is 122 Å². The summed E-state index contributed by atoms with van der Waals surface area (Å²) in [4.78, 5) is 38.0. The third-order valence-corrected chi connectivity index (χ3v) is 10.5. The van der Waals surface area contributed by atoms with Crippen molar-refractivity contribution < 1.29 is 28.6 Å². The molecule has 0 heterocycles. The van der Waals surface area contributed by atoms with Gasteiger partial charge < -0.3 is 14.2 Å². The van der Waals surface area contributed by atoms with Crippen molar-refractivity contribution in [2.24, 2.45) is 0 Å². The molecular formula is C59H94O6. The standard InChI is InChI=1S/C59H94O6/c1-4-7-10-13-16-19-22-24-26-28-29-31-32-34-37-40-43-46-49-52-58(61)64-55-56(54-63-57(60)51-48-45-42-39-36-21-18-15-12-9-6-3)65-59(62)53-50-47-44-41-38-35-33-30-27-25-23-20-17-14-11-8-5-2/h7-8,10-11,15-21,24-27,33,35-36,41,44,56H,4-6,9,12-14,22-23,28-32,34,37-40,42-43,45-55H2,1-3H3/b10-7-,11-8-,18-15-,19-16-,20-17-,26-24-,27-25-,35-33-,36-21-,44-41-. The molecule has 0 aliphatic carbocycles. The van der Waals surface area contributed by atoms with Crippen molar-refractivity contribution >= 4 is 17.9 Å². The van der Waals surface area contributed by atoms with Gasteiger partial charge >= 0.3 is 17.9 Å². The number of carbonyl (C=O) groups is 3. The summed E-state index contributed by atoms with van der Waals surface area (Å²) in [6, 6.07) is 0. The van der Waals surface area contributed by atoms with Gasteiger partial charge in [0.15, 0.2) is 6.10 Å². The summed E-state index contributed by atoms with van der Waals surface area (Å²) >= 11 is 0. The molecule has 0 bridgehead atoms. The molecule has 6 nitrogen and oxygen atoms in total. The fourth-order valence-corrected chi connectivity index (χ4v) is 6.59. The van der Waals surface area contributed by atoms with Gasteiger partial charge in [0.2, 0.25) is 0 Å². The Balaban J connectivity index is 4.49. The predicted molar refractivity (Wildman–Crippen MR) is 279 cm³/mol. The number of allylic oxidation sites excluding steroid dienone is 20. The Morgan fingerprint density at radius 2 is 0.662 bits per heavy atom. The summed E-state index contributed by atoms with van der Waals surface area (Å²) in [5.74, 6) is -1.02. The van der Waals surface area contributed by atoms with Crippen molar-refractivity contribution in [3.05, 3.63) is 122 Å². The summed E-state index contributed by atoms with van der Waals surface area (Å²) in [5.41, 5.74) is 0. The van der Waals surface area contributed by atoms with Gasteiger partial charge in [-0.25, -0.2) is 0 Å². The zero-order valence-corrected chi connectivity index (χ0v) is 41.7.